The maximum atomic E-state index is 12.7. The van der Waals surface area contributed by atoms with Crippen molar-refractivity contribution in [1.29, 1.82) is 0 Å². The lowest BCUT2D eigenvalue weighted by Crippen LogP contribution is -2.45. The Morgan fingerprint density at radius 2 is 2.22 bits per heavy atom. The van der Waals surface area contributed by atoms with E-state index in [2.05, 4.69) is 26.6 Å². The maximum absolute atomic E-state index is 12.7. The zero-order valence-electron chi connectivity index (χ0n) is 15.0. The van der Waals surface area contributed by atoms with E-state index < -0.39 is 18.0 Å². The summed E-state index contributed by atoms with van der Waals surface area (Å²) in [5, 5.41) is 15.3. The normalized spacial score (nSPS) is 22.3. The Bertz CT molecular complexity index is 788. The van der Waals surface area contributed by atoms with E-state index in [1.807, 2.05) is 0 Å². The van der Waals surface area contributed by atoms with Crippen molar-refractivity contribution < 1.29 is 28.9 Å². The van der Waals surface area contributed by atoms with E-state index in [1.54, 1.807) is 19.1 Å². The number of hydrogen-bond acceptors (Lipinski definition) is 6. The molecule has 2 aliphatic rings. The second-order valence-corrected chi connectivity index (χ2v) is 7.21. The summed E-state index contributed by atoms with van der Waals surface area (Å²) < 4.78 is 16.5. The smallest absolute Gasteiger partial charge is 0.338 e. The molecule has 2 amide bonds. The first-order valence-corrected chi connectivity index (χ1v) is 9.33. The van der Waals surface area contributed by atoms with Crippen LogP contribution >= 0.6 is 15.9 Å². The van der Waals surface area contributed by atoms with E-state index in [0.717, 1.165) is 12.8 Å². The third-order valence-electron chi connectivity index (χ3n) is 4.52. The molecule has 1 aromatic carbocycles. The first kappa shape index (κ1) is 19.5. The third-order valence-corrected chi connectivity index (χ3v) is 5.12. The van der Waals surface area contributed by atoms with Gasteiger partial charge in [0.2, 0.25) is 0 Å². The number of carbonyl (C=O) groups excluding carboxylic acids is 2. The van der Waals surface area contributed by atoms with Gasteiger partial charge in [-0.3, -0.25) is 0 Å². The Balaban J connectivity index is 1.89. The van der Waals surface area contributed by atoms with E-state index >= 15 is 0 Å². The van der Waals surface area contributed by atoms with Gasteiger partial charge in [-0.15, -0.1) is 0 Å². The highest BCUT2D eigenvalue weighted by Gasteiger charge is 2.33. The Kier molecular flexibility index (Phi) is 5.91. The molecule has 2 atom stereocenters. The van der Waals surface area contributed by atoms with Gasteiger partial charge in [0.1, 0.15) is 6.61 Å². The number of benzene rings is 1. The van der Waals surface area contributed by atoms with Crippen LogP contribution in [0.25, 0.3) is 0 Å². The van der Waals surface area contributed by atoms with Crippen molar-refractivity contribution in [3.8, 4) is 11.5 Å². The van der Waals surface area contributed by atoms with E-state index in [0.29, 0.717) is 22.3 Å². The van der Waals surface area contributed by atoms with Crippen LogP contribution in [-0.4, -0.2) is 43.5 Å². The minimum absolute atomic E-state index is 0.0651. The van der Waals surface area contributed by atoms with Crippen molar-refractivity contribution in [2.75, 3.05) is 20.3 Å². The third kappa shape index (κ3) is 4.19. The number of allylic oxidation sites excluding steroid dienone is 1. The number of ether oxygens (including phenoxy) is 3. The van der Waals surface area contributed by atoms with Gasteiger partial charge in [0.15, 0.2) is 11.5 Å². The molecule has 27 heavy (non-hydrogen) atoms. The van der Waals surface area contributed by atoms with Crippen LogP contribution in [0.3, 0.4) is 0 Å². The number of carbonyl (C=O) groups is 2. The number of hydrogen-bond donors (Lipinski definition) is 3. The van der Waals surface area contributed by atoms with Crippen LogP contribution in [0.5, 0.6) is 11.5 Å². The Labute approximate surface area is 165 Å². The average Bonchev–Trinajstić information content (AvgIpc) is 3.14. The first-order chi connectivity index (χ1) is 12.9. The summed E-state index contributed by atoms with van der Waals surface area (Å²) in [5.74, 6) is -0.384. The monoisotopic (exact) mass is 440 g/mol. The minimum atomic E-state index is -0.749. The molecule has 3 N–H and O–H groups in total. The molecule has 2 heterocycles. The molecule has 1 aromatic rings. The van der Waals surface area contributed by atoms with E-state index in [1.165, 1.54) is 7.11 Å². The standard InChI is InChI=1S/C18H21BrN2O6/c1-9-14(17(23)27-8-11-4-3-5-26-11)15(21-18(24)20-9)10-6-12(19)16(22)13(7-10)25-2/h6-7,11,15,22H,3-5,8H2,1-2H3,(H2,20,21,24). The van der Waals surface area contributed by atoms with Gasteiger partial charge >= 0.3 is 12.0 Å². The number of rotatable bonds is 5. The predicted octanol–water partition coefficient (Wildman–Crippen LogP) is 2.51. The molecule has 1 saturated heterocycles. The molecule has 2 unspecified atom stereocenters. The fourth-order valence-corrected chi connectivity index (χ4v) is 3.61. The summed E-state index contributed by atoms with van der Waals surface area (Å²) in [5.41, 5.74) is 1.26. The number of phenolic OH excluding ortho intramolecular Hbond substituents is 1. The quantitative estimate of drug-likeness (QED) is 0.607. The van der Waals surface area contributed by atoms with Crippen molar-refractivity contribution in [3.63, 3.8) is 0 Å². The summed E-state index contributed by atoms with van der Waals surface area (Å²) in [7, 11) is 1.42. The van der Waals surface area contributed by atoms with Gasteiger partial charge in [-0.25, -0.2) is 9.59 Å². The summed E-state index contributed by atoms with van der Waals surface area (Å²) in [6, 6.07) is 2.00. The lowest BCUT2D eigenvalue weighted by Gasteiger charge is -2.28. The highest BCUT2D eigenvalue weighted by molar-refractivity contribution is 9.10. The highest BCUT2D eigenvalue weighted by atomic mass is 79.9. The van der Waals surface area contributed by atoms with Crippen LogP contribution in [0.15, 0.2) is 27.9 Å². The number of phenols is 1. The summed E-state index contributed by atoms with van der Waals surface area (Å²) >= 11 is 3.26. The second-order valence-electron chi connectivity index (χ2n) is 6.36. The van der Waals surface area contributed by atoms with Gasteiger partial charge in [-0.2, -0.15) is 0 Å². The van der Waals surface area contributed by atoms with Crippen LogP contribution in [0.2, 0.25) is 0 Å². The number of methoxy groups -OCH3 is 1. The molecule has 9 heteroatoms. The molecule has 0 spiro atoms. The number of nitrogens with one attached hydrogen (secondary N) is 2. The lowest BCUT2D eigenvalue weighted by atomic mass is 9.95. The molecule has 0 aromatic heterocycles. The Morgan fingerprint density at radius 1 is 1.44 bits per heavy atom. The van der Waals surface area contributed by atoms with Gasteiger partial charge in [0.25, 0.3) is 0 Å². The fourth-order valence-electron chi connectivity index (χ4n) is 3.15. The molecule has 8 nitrogen and oxygen atoms in total. The molecule has 0 bridgehead atoms. The Morgan fingerprint density at radius 3 is 2.89 bits per heavy atom. The van der Waals surface area contributed by atoms with Crippen molar-refractivity contribution in [3.05, 3.63) is 33.4 Å². The minimum Gasteiger partial charge on any atom is -0.503 e. The molecule has 146 valence electrons. The van der Waals surface area contributed by atoms with Crippen molar-refractivity contribution >= 4 is 27.9 Å². The molecular formula is C18H21BrN2O6. The molecule has 1 fully saturated rings. The fraction of sp³-hybridized carbons (Fsp3) is 0.444. The number of esters is 1. The van der Waals surface area contributed by atoms with Crippen LogP contribution in [0.4, 0.5) is 4.79 Å². The molecule has 0 radical (unpaired) electrons. The van der Waals surface area contributed by atoms with E-state index in [9.17, 15) is 14.7 Å². The van der Waals surface area contributed by atoms with E-state index in [-0.39, 0.29) is 29.8 Å². The summed E-state index contributed by atoms with van der Waals surface area (Å²) in [6.45, 7) is 2.48. The van der Waals surface area contributed by atoms with Crippen molar-refractivity contribution in [1.82, 2.24) is 10.6 Å². The van der Waals surface area contributed by atoms with Gasteiger partial charge < -0.3 is 30.0 Å². The maximum Gasteiger partial charge on any atom is 0.338 e. The zero-order valence-corrected chi connectivity index (χ0v) is 16.6. The van der Waals surface area contributed by atoms with Gasteiger partial charge in [-0.05, 0) is 53.4 Å². The van der Waals surface area contributed by atoms with Gasteiger partial charge in [-0.1, -0.05) is 0 Å². The van der Waals surface area contributed by atoms with Crippen LogP contribution < -0.4 is 15.4 Å². The van der Waals surface area contributed by atoms with Crippen LogP contribution in [0.1, 0.15) is 31.4 Å². The largest absolute Gasteiger partial charge is 0.503 e. The SMILES string of the molecule is COc1cc(C2NC(=O)NC(C)=C2C(=O)OCC2CCCO2)cc(Br)c1O. The first-order valence-electron chi connectivity index (χ1n) is 8.54. The highest BCUT2D eigenvalue weighted by Crippen LogP contribution is 2.39. The summed E-state index contributed by atoms with van der Waals surface area (Å²) in [4.78, 5) is 24.7. The Hall–Kier alpha value is -2.26. The van der Waals surface area contributed by atoms with Crippen molar-refractivity contribution in [2.24, 2.45) is 0 Å². The van der Waals surface area contributed by atoms with Gasteiger partial charge in [0, 0.05) is 12.3 Å². The molecule has 0 saturated carbocycles. The average molecular weight is 441 g/mol. The molecular weight excluding hydrogens is 420 g/mol. The van der Waals surface area contributed by atoms with E-state index in [4.69, 9.17) is 14.2 Å². The topological polar surface area (TPSA) is 106 Å². The zero-order chi connectivity index (χ0) is 19.6. The van der Waals surface area contributed by atoms with Crippen molar-refractivity contribution in [2.45, 2.75) is 31.9 Å². The number of amides is 2. The molecule has 0 aliphatic carbocycles. The lowest BCUT2D eigenvalue weighted by molar-refractivity contribution is -0.142. The number of urea groups is 1. The van der Waals surface area contributed by atoms with Gasteiger partial charge in [0.05, 0.1) is 29.3 Å². The second kappa shape index (κ2) is 8.18. The number of aromatic hydroxyl groups is 1. The summed E-state index contributed by atoms with van der Waals surface area (Å²) in [6.07, 6.45) is 1.71. The van der Waals surface area contributed by atoms with Crippen LogP contribution in [-0.2, 0) is 14.3 Å². The molecule has 2 aliphatic heterocycles. The predicted molar refractivity (Wildman–Crippen MR) is 99.4 cm³/mol. The molecule has 3 rings (SSSR count). The number of halogens is 1. The van der Waals surface area contributed by atoms with Crippen LogP contribution in [0, 0.1) is 0 Å².